The number of halogens is 1. The SMILES string of the molecule is CC(=O)Nc1cccc(C(=O)NC2CCN(C(=O)OCCCl)CC2)c1. The minimum atomic E-state index is -0.367. The fourth-order valence-electron chi connectivity index (χ4n) is 2.63. The molecule has 1 aliphatic heterocycles. The Bertz CT molecular complexity index is 630. The van der Waals surface area contributed by atoms with Crippen LogP contribution in [-0.2, 0) is 9.53 Å². The first-order valence-corrected chi connectivity index (χ1v) is 8.69. The quantitative estimate of drug-likeness (QED) is 0.781. The molecule has 8 heteroatoms. The zero-order valence-electron chi connectivity index (χ0n) is 14.1. The van der Waals surface area contributed by atoms with Crippen molar-refractivity contribution in [2.75, 3.05) is 30.9 Å². The number of amides is 3. The van der Waals surface area contributed by atoms with Crippen LogP contribution in [0.1, 0.15) is 30.1 Å². The summed E-state index contributed by atoms with van der Waals surface area (Å²) in [6.45, 7) is 2.66. The lowest BCUT2D eigenvalue weighted by atomic mass is 10.0. The van der Waals surface area contributed by atoms with Gasteiger partial charge in [-0.2, -0.15) is 0 Å². The molecule has 0 saturated carbocycles. The molecule has 2 rings (SSSR count). The normalized spacial score (nSPS) is 14.7. The van der Waals surface area contributed by atoms with Crippen molar-refractivity contribution in [1.29, 1.82) is 0 Å². The van der Waals surface area contributed by atoms with Gasteiger partial charge in [0.25, 0.3) is 5.91 Å². The van der Waals surface area contributed by atoms with Gasteiger partial charge in [0.1, 0.15) is 6.61 Å². The molecule has 0 bridgehead atoms. The van der Waals surface area contributed by atoms with Crippen molar-refractivity contribution >= 4 is 35.2 Å². The van der Waals surface area contributed by atoms with Gasteiger partial charge >= 0.3 is 6.09 Å². The van der Waals surface area contributed by atoms with E-state index in [-0.39, 0.29) is 36.4 Å². The molecule has 2 N–H and O–H groups in total. The van der Waals surface area contributed by atoms with Crippen LogP contribution in [0.25, 0.3) is 0 Å². The Kier molecular flexibility index (Phi) is 7.06. The zero-order chi connectivity index (χ0) is 18.2. The number of anilines is 1. The maximum atomic E-state index is 12.4. The van der Waals surface area contributed by atoms with Crippen molar-refractivity contribution in [2.45, 2.75) is 25.8 Å². The molecule has 1 aromatic rings. The lowest BCUT2D eigenvalue weighted by Crippen LogP contribution is -2.46. The summed E-state index contributed by atoms with van der Waals surface area (Å²) in [5, 5.41) is 5.62. The molecule has 1 aliphatic rings. The van der Waals surface area contributed by atoms with Crippen molar-refractivity contribution in [2.24, 2.45) is 0 Å². The smallest absolute Gasteiger partial charge is 0.409 e. The summed E-state index contributed by atoms with van der Waals surface area (Å²) in [5.74, 6) is -0.114. The topological polar surface area (TPSA) is 87.7 Å². The average Bonchev–Trinajstić information content (AvgIpc) is 2.60. The Morgan fingerprint density at radius 2 is 2.00 bits per heavy atom. The zero-order valence-corrected chi connectivity index (χ0v) is 14.8. The van der Waals surface area contributed by atoms with Gasteiger partial charge in [0, 0.05) is 37.3 Å². The highest BCUT2D eigenvalue weighted by Crippen LogP contribution is 2.14. The summed E-state index contributed by atoms with van der Waals surface area (Å²) < 4.78 is 4.99. The molecule has 0 aliphatic carbocycles. The third-order valence-corrected chi connectivity index (χ3v) is 3.99. The van der Waals surface area contributed by atoms with Gasteiger partial charge in [0.2, 0.25) is 5.91 Å². The molecule has 0 atom stereocenters. The largest absolute Gasteiger partial charge is 0.448 e. The van der Waals surface area contributed by atoms with Crippen molar-refractivity contribution in [1.82, 2.24) is 10.2 Å². The van der Waals surface area contributed by atoms with Gasteiger partial charge in [-0.25, -0.2) is 4.79 Å². The molecular weight excluding hydrogens is 346 g/mol. The molecule has 7 nitrogen and oxygen atoms in total. The predicted molar refractivity (Wildman–Crippen MR) is 94.9 cm³/mol. The van der Waals surface area contributed by atoms with E-state index < -0.39 is 0 Å². The molecule has 3 amide bonds. The summed E-state index contributed by atoms with van der Waals surface area (Å²) in [6, 6.07) is 6.77. The van der Waals surface area contributed by atoms with E-state index in [1.54, 1.807) is 29.2 Å². The fourth-order valence-corrected chi connectivity index (χ4v) is 2.71. The summed E-state index contributed by atoms with van der Waals surface area (Å²) in [7, 11) is 0. The molecular formula is C17H22ClN3O4. The minimum absolute atomic E-state index is 0.00556. The maximum absolute atomic E-state index is 12.4. The van der Waals surface area contributed by atoms with Gasteiger partial charge in [-0.05, 0) is 31.0 Å². The predicted octanol–water partition coefficient (Wildman–Crippen LogP) is 2.21. The maximum Gasteiger partial charge on any atom is 0.409 e. The van der Waals surface area contributed by atoms with Gasteiger partial charge in [-0.3, -0.25) is 9.59 Å². The molecule has 0 aromatic heterocycles. The van der Waals surface area contributed by atoms with E-state index >= 15 is 0 Å². The van der Waals surface area contributed by atoms with Crippen LogP contribution in [0, 0.1) is 0 Å². The van der Waals surface area contributed by atoms with Gasteiger partial charge in [-0.15, -0.1) is 11.6 Å². The first-order valence-electron chi connectivity index (χ1n) is 8.16. The monoisotopic (exact) mass is 367 g/mol. The van der Waals surface area contributed by atoms with Gasteiger partial charge in [0.05, 0.1) is 5.88 Å². The number of likely N-dealkylation sites (tertiary alicyclic amines) is 1. The van der Waals surface area contributed by atoms with E-state index in [0.29, 0.717) is 37.2 Å². The molecule has 1 aromatic carbocycles. The lowest BCUT2D eigenvalue weighted by molar-refractivity contribution is -0.114. The number of carbonyl (C=O) groups excluding carboxylic acids is 3. The van der Waals surface area contributed by atoms with Crippen molar-refractivity contribution in [3.05, 3.63) is 29.8 Å². The Balaban J connectivity index is 1.84. The van der Waals surface area contributed by atoms with Gasteiger partial charge in [0.15, 0.2) is 0 Å². The lowest BCUT2D eigenvalue weighted by Gasteiger charge is -2.31. The van der Waals surface area contributed by atoms with E-state index in [1.807, 2.05) is 0 Å². The highest BCUT2D eigenvalue weighted by atomic mass is 35.5. The van der Waals surface area contributed by atoms with Crippen LogP contribution in [-0.4, -0.2) is 54.4 Å². The van der Waals surface area contributed by atoms with E-state index in [1.165, 1.54) is 6.92 Å². The molecule has 1 fully saturated rings. The van der Waals surface area contributed by atoms with E-state index in [0.717, 1.165) is 0 Å². The molecule has 1 saturated heterocycles. The van der Waals surface area contributed by atoms with Crippen LogP contribution in [0.4, 0.5) is 10.5 Å². The highest BCUT2D eigenvalue weighted by Gasteiger charge is 2.25. The van der Waals surface area contributed by atoms with E-state index in [4.69, 9.17) is 16.3 Å². The number of alkyl halides is 1. The number of rotatable bonds is 5. The van der Waals surface area contributed by atoms with Crippen molar-refractivity contribution in [3.8, 4) is 0 Å². The minimum Gasteiger partial charge on any atom is -0.448 e. The summed E-state index contributed by atoms with van der Waals surface area (Å²) in [5.41, 5.74) is 1.06. The molecule has 136 valence electrons. The molecule has 0 radical (unpaired) electrons. The average molecular weight is 368 g/mol. The van der Waals surface area contributed by atoms with Crippen LogP contribution in [0.5, 0.6) is 0 Å². The second-order valence-corrected chi connectivity index (χ2v) is 6.18. The number of benzene rings is 1. The number of piperidine rings is 1. The van der Waals surface area contributed by atoms with Crippen molar-refractivity contribution in [3.63, 3.8) is 0 Å². The summed E-state index contributed by atoms with van der Waals surface area (Å²) in [4.78, 5) is 36.8. The standard InChI is InChI=1S/C17H22ClN3O4/c1-12(22)19-15-4-2-3-13(11-15)16(23)20-14-5-8-21(9-6-14)17(24)25-10-7-18/h2-4,11,14H,5-10H2,1H3,(H,19,22)(H,20,23). The molecule has 25 heavy (non-hydrogen) atoms. The van der Waals surface area contributed by atoms with Crippen LogP contribution >= 0.6 is 11.6 Å². The Hall–Kier alpha value is -2.28. The second kappa shape index (κ2) is 9.27. The first kappa shape index (κ1) is 19.1. The molecule has 0 unspecified atom stereocenters. The van der Waals surface area contributed by atoms with E-state index in [2.05, 4.69) is 10.6 Å². The highest BCUT2D eigenvalue weighted by molar-refractivity contribution is 6.18. The number of carbonyl (C=O) groups is 3. The number of hydrogen-bond donors (Lipinski definition) is 2. The summed E-state index contributed by atoms with van der Waals surface area (Å²) >= 11 is 5.50. The Morgan fingerprint density at radius 3 is 2.64 bits per heavy atom. The van der Waals surface area contributed by atoms with Crippen LogP contribution in [0.2, 0.25) is 0 Å². The van der Waals surface area contributed by atoms with E-state index in [9.17, 15) is 14.4 Å². The Morgan fingerprint density at radius 1 is 1.28 bits per heavy atom. The van der Waals surface area contributed by atoms with Gasteiger partial charge in [-0.1, -0.05) is 6.07 Å². The number of nitrogens with zero attached hydrogens (tertiary/aromatic N) is 1. The number of ether oxygens (including phenoxy) is 1. The Labute approximate surface area is 151 Å². The van der Waals surface area contributed by atoms with Gasteiger partial charge < -0.3 is 20.3 Å². The third kappa shape index (κ3) is 5.94. The summed E-state index contributed by atoms with van der Waals surface area (Å²) in [6.07, 6.45) is 0.952. The second-order valence-electron chi connectivity index (χ2n) is 5.80. The van der Waals surface area contributed by atoms with Crippen LogP contribution < -0.4 is 10.6 Å². The van der Waals surface area contributed by atoms with Crippen LogP contribution in [0.3, 0.4) is 0 Å². The fraction of sp³-hybridized carbons (Fsp3) is 0.471. The number of nitrogens with one attached hydrogen (secondary N) is 2. The first-order chi connectivity index (χ1) is 12.0. The van der Waals surface area contributed by atoms with Crippen molar-refractivity contribution < 1.29 is 19.1 Å². The molecule has 0 spiro atoms. The van der Waals surface area contributed by atoms with Crippen LogP contribution in [0.15, 0.2) is 24.3 Å². The number of hydrogen-bond acceptors (Lipinski definition) is 4. The molecule has 1 heterocycles. The third-order valence-electron chi connectivity index (χ3n) is 3.84.